The van der Waals surface area contributed by atoms with Gasteiger partial charge in [-0.2, -0.15) is 0 Å². The third kappa shape index (κ3) is 20.3. The summed E-state index contributed by atoms with van der Waals surface area (Å²) in [4.78, 5) is 2.10. The topological polar surface area (TPSA) is 23.5 Å². The van der Waals surface area contributed by atoms with Crippen molar-refractivity contribution in [2.45, 2.75) is 117 Å². The van der Waals surface area contributed by atoms with Crippen molar-refractivity contribution in [3.05, 3.63) is 0 Å². The monoisotopic (exact) mass is 363 g/mol. The highest BCUT2D eigenvalue weighted by Crippen LogP contribution is 2.13. The number of unbranched alkanes of at least 4 members (excludes halogenated alkanes) is 15. The first-order valence-electron chi connectivity index (χ1n) is 10.7. The molecule has 3 heteroatoms. The van der Waals surface area contributed by atoms with E-state index >= 15 is 0 Å². The Hall–Kier alpha value is 0.210. The minimum Gasteiger partial charge on any atom is -0.381 e. The van der Waals surface area contributed by atoms with Crippen molar-refractivity contribution in [3.8, 4) is 0 Å². The first-order chi connectivity index (χ1) is 11.3. The van der Waals surface area contributed by atoms with Crippen LogP contribution in [0, 0.1) is 0 Å². The van der Waals surface area contributed by atoms with Gasteiger partial charge in [-0.05, 0) is 13.0 Å². The summed E-state index contributed by atoms with van der Waals surface area (Å²) in [6.07, 6.45) is 22.7. The molecule has 0 aromatic carbocycles. The molecule has 0 heterocycles. The minimum atomic E-state index is 0. The Morgan fingerprint density at radius 2 is 0.875 bits per heavy atom. The average Bonchev–Trinajstić information content (AvgIpc) is 2.58. The fourth-order valence-corrected chi connectivity index (χ4v) is 3.21. The van der Waals surface area contributed by atoms with Crippen molar-refractivity contribution >= 4 is 12.4 Å². The molecule has 0 saturated heterocycles. The van der Waals surface area contributed by atoms with Crippen LogP contribution in [0.3, 0.4) is 0 Å². The highest BCUT2D eigenvalue weighted by atomic mass is 35.5. The maximum Gasteiger partial charge on any atom is 0.0956 e. The lowest BCUT2D eigenvalue weighted by Crippen LogP contribution is -2.25. The van der Waals surface area contributed by atoms with Crippen LogP contribution in [-0.4, -0.2) is 29.8 Å². The highest BCUT2D eigenvalue weighted by molar-refractivity contribution is 5.85. The maximum absolute atomic E-state index is 9.08. The molecular formula is C21H46ClNO. The molecule has 0 radical (unpaired) electrons. The van der Waals surface area contributed by atoms with E-state index in [2.05, 4.69) is 18.7 Å². The van der Waals surface area contributed by atoms with Gasteiger partial charge in [0.1, 0.15) is 0 Å². The molecule has 2 nitrogen and oxygen atoms in total. The van der Waals surface area contributed by atoms with Crippen molar-refractivity contribution < 1.29 is 5.11 Å². The lowest BCUT2D eigenvalue weighted by Gasteiger charge is -2.16. The third-order valence-electron chi connectivity index (χ3n) is 4.98. The molecule has 0 spiro atoms. The predicted octanol–water partition coefficient (Wildman–Crippen LogP) is 6.94. The highest BCUT2D eigenvalue weighted by Gasteiger charge is 1.99. The zero-order valence-corrected chi connectivity index (χ0v) is 17.6. The Labute approximate surface area is 159 Å². The van der Waals surface area contributed by atoms with Gasteiger partial charge in [-0.3, -0.25) is 4.90 Å². The van der Waals surface area contributed by atoms with E-state index in [0.717, 1.165) is 13.1 Å². The number of rotatable bonds is 19. The number of hydrogen-bond donors (Lipinski definition) is 1. The van der Waals surface area contributed by atoms with Gasteiger partial charge in [0.15, 0.2) is 0 Å². The molecule has 24 heavy (non-hydrogen) atoms. The van der Waals surface area contributed by atoms with Crippen LogP contribution >= 0.6 is 12.4 Å². The summed E-state index contributed by atoms with van der Waals surface area (Å²) in [5, 5.41) is 9.08. The number of aliphatic hydroxyl groups is 1. The zero-order valence-electron chi connectivity index (χ0n) is 16.7. The molecule has 0 aliphatic carbocycles. The summed E-state index contributed by atoms with van der Waals surface area (Å²) in [7, 11) is 0. The Morgan fingerprint density at radius 3 is 1.17 bits per heavy atom. The Kier molecular flexibility index (Phi) is 25.6. The van der Waals surface area contributed by atoms with Gasteiger partial charge in [-0.15, -0.1) is 12.4 Å². The lowest BCUT2D eigenvalue weighted by atomic mass is 10.0. The zero-order chi connectivity index (χ0) is 17.0. The first kappa shape index (κ1) is 26.4. The van der Waals surface area contributed by atoms with Crippen LogP contribution in [0.25, 0.3) is 0 Å². The van der Waals surface area contributed by atoms with Crippen molar-refractivity contribution in [3.63, 3.8) is 0 Å². The SMILES string of the molecule is CCCCCCCCCCCCCCCCCCN(CC)CO.Cl. The molecule has 0 aromatic rings. The summed E-state index contributed by atoms with van der Waals surface area (Å²) < 4.78 is 0. The van der Waals surface area contributed by atoms with E-state index in [4.69, 9.17) is 5.11 Å². The molecule has 0 amide bonds. The number of hydrogen-bond acceptors (Lipinski definition) is 2. The van der Waals surface area contributed by atoms with Gasteiger partial charge >= 0.3 is 0 Å². The van der Waals surface area contributed by atoms with Gasteiger partial charge in [0.25, 0.3) is 0 Å². The second-order valence-corrected chi connectivity index (χ2v) is 7.16. The van der Waals surface area contributed by atoms with Gasteiger partial charge in [0, 0.05) is 6.54 Å². The van der Waals surface area contributed by atoms with Crippen molar-refractivity contribution in [2.24, 2.45) is 0 Å². The van der Waals surface area contributed by atoms with E-state index in [-0.39, 0.29) is 19.1 Å². The summed E-state index contributed by atoms with van der Waals surface area (Å²) in [6.45, 7) is 6.65. The van der Waals surface area contributed by atoms with E-state index < -0.39 is 0 Å². The minimum absolute atomic E-state index is 0. The second-order valence-electron chi connectivity index (χ2n) is 7.16. The molecule has 148 valence electrons. The first-order valence-corrected chi connectivity index (χ1v) is 10.7. The van der Waals surface area contributed by atoms with Crippen LogP contribution in [0.2, 0.25) is 0 Å². The van der Waals surface area contributed by atoms with E-state index in [1.165, 1.54) is 103 Å². The van der Waals surface area contributed by atoms with Crippen LogP contribution in [-0.2, 0) is 0 Å². The largest absolute Gasteiger partial charge is 0.381 e. The molecule has 0 fully saturated rings. The van der Waals surface area contributed by atoms with E-state index in [1.54, 1.807) is 0 Å². The Bertz CT molecular complexity index is 210. The number of aliphatic hydroxyl groups excluding tert-OH is 1. The van der Waals surface area contributed by atoms with E-state index in [0.29, 0.717) is 0 Å². The van der Waals surface area contributed by atoms with Crippen LogP contribution in [0.1, 0.15) is 117 Å². The summed E-state index contributed by atoms with van der Waals surface area (Å²) >= 11 is 0. The van der Waals surface area contributed by atoms with Gasteiger partial charge in [0.2, 0.25) is 0 Å². The normalized spacial score (nSPS) is 11.0. The lowest BCUT2D eigenvalue weighted by molar-refractivity contribution is 0.111. The standard InChI is InChI=1S/C21H45NO.ClH/c1-3-5-6-7-8-9-10-11-12-13-14-15-16-17-18-19-20-22(4-2)21-23;/h23H,3-21H2,1-2H3;1H. The molecule has 0 aliphatic rings. The molecule has 0 saturated carbocycles. The Balaban J connectivity index is 0. The molecule has 0 atom stereocenters. The molecular weight excluding hydrogens is 318 g/mol. The van der Waals surface area contributed by atoms with Crippen LogP contribution in [0.5, 0.6) is 0 Å². The molecule has 0 aromatic heterocycles. The van der Waals surface area contributed by atoms with Crippen LogP contribution in [0.15, 0.2) is 0 Å². The van der Waals surface area contributed by atoms with Crippen LogP contribution in [0.4, 0.5) is 0 Å². The molecule has 0 bridgehead atoms. The Morgan fingerprint density at radius 1 is 0.542 bits per heavy atom. The van der Waals surface area contributed by atoms with Crippen LogP contribution < -0.4 is 0 Å². The molecule has 0 unspecified atom stereocenters. The number of nitrogens with zero attached hydrogens (tertiary/aromatic N) is 1. The molecule has 1 N–H and O–H groups in total. The van der Waals surface area contributed by atoms with Gasteiger partial charge in [-0.25, -0.2) is 0 Å². The number of halogens is 1. The average molecular weight is 364 g/mol. The van der Waals surface area contributed by atoms with Crippen molar-refractivity contribution in [2.75, 3.05) is 19.8 Å². The summed E-state index contributed by atoms with van der Waals surface area (Å²) in [5.41, 5.74) is 0. The van der Waals surface area contributed by atoms with Gasteiger partial charge in [-0.1, -0.05) is 110 Å². The van der Waals surface area contributed by atoms with E-state index in [9.17, 15) is 0 Å². The quantitative estimate of drug-likeness (QED) is 0.198. The molecule has 0 rings (SSSR count). The van der Waals surface area contributed by atoms with Gasteiger partial charge < -0.3 is 5.11 Å². The smallest absolute Gasteiger partial charge is 0.0956 e. The summed E-state index contributed by atoms with van der Waals surface area (Å²) in [6, 6.07) is 0. The van der Waals surface area contributed by atoms with Gasteiger partial charge in [0.05, 0.1) is 6.73 Å². The van der Waals surface area contributed by atoms with E-state index in [1.807, 2.05) is 0 Å². The van der Waals surface area contributed by atoms with Crippen molar-refractivity contribution in [1.82, 2.24) is 4.90 Å². The fourth-order valence-electron chi connectivity index (χ4n) is 3.21. The summed E-state index contributed by atoms with van der Waals surface area (Å²) in [5.74, 6) is 0. The maximum atomic E-state index is 9.08. The second kappa shape index (κ2) is 23.2. The fraction of sp³-hybridized carbons (Fsp3) is 1.00. The third-order valence-corrected chi connectivity index (χ3v) is 4.98. The predicted molar refractivity (Wildman–Crippen MR) is 111 cm³/mol. The van der Waals surface area contributed by atoms with Crippen molar-refractivity contribution in [1.29, 1.82) is 0 Å². The molecule has 0 aliphatic heterocycles.